The van der Waals surface area contributed by atoms with Crippen LogP contribution >= 0.6 is 0 Å². The molecule has 2 atom stereocenters. The molecule has 9 nitrogen and oxygen atoms in total. The van der Waals surface area contributed by atoms with E-state index in [4.69, 9.17) is 23.7 Å². The molecule has 0 saturated carbocycles. The highest BCUT2D eigenvalue weighted by Gasteiger charge is 2.37. The molecule has 0 aromatic rings. The molecule has 0 N–H and O–H groups in total. The summed E-state index contributed by atoms with van der Waals surface area (Å²) in [7, 11) is 5.48. The number of methoxy groups -OCH3 is 4. The second kappa shape index (κ2) is 10.2. The summed E-state index contributed by atoms with van der Waals surface area (Å²) in [6.07, 6.45) is 0.379. The Morgan fingerprint density at radius 3 is 1.87 bits per heavy atom. The van der Waals surface area contributed by atoms with Crippen molar-refractivity contribution in [3.8, 4) is 0 Å². The Hall–Kier alpha value is -1.68. The Bertz CT molecular complexity index is 409. The van der Waals surface area contributed by atoms with Crippen LogP contribution in [0.1, 0.15) is 0 Å². The number of rotatable bonds is 9. The summed E-state index contributed by atoms with van der Waals surface area (Å²) in [5, 5.41) is 0. The highest BCUT2D eigenvalue weighted by atomic mass is 16.7. The SMILES string of the molecule is COCO[C@H]1CN(/C(=C/C(=O)OC)C(=O)OC)C[C@@H]1OCOC. The molecule has 0 aromatic heterocycles. The Morgan fingerprint density at radius 2 is 1.48 bits per heavy atom. The van der Waals surface area contributed by atoms with Gasteiger partial charge < -0.3 is 33.3 Å². The van der Waals surface area contributed by atoms with Crippen molar-refractivity contribution < 1.29 is 38.0 Å². The quantitative estimate of drug-likeness (QED) is 0.315. The number of hydrogen-bond donors (Lipinski definition) is 0. The second-order valence-corrected chi connectivity index (χ2v) is 4.67. The average Bonchev–Trinajstić information content (AvgIpc) is 2.97. The predicted molar refractivity (Wildman–Crippen MR) is 77.2 cm³/mol. The number of carbonyl (C=O) groups excluding carboxylic acids is 2. The maximum Gasteiger partial charge on any atom is 0.354 e. The number of ether oxygens (including phenoxy) is 6. The first-order valence-electron chi connectivity index (χ1n) is 6.91. The lowest BCUT2D eigenvalue weighted by Gasteiger charge is -2.19. The monoisotopic (exact) mass is 333 g/mol. The molecule has 1 aliphatic rings. The molecule has 0 unspecified atom stereocenters. The van der Waals surface area contributed by atoms with Gasteiger partial charge in [-0.3, -0.25) is 0 Å². The molecule has 0 spiro atoms. The second-order valence-electron chi connectivity index (χ2n) is 4.67. The predicted octanol–water partition coefficient (Wildman–Crippen LogP) is -0.490. The van der Waals surface area contributed by atoms with Gasteiger partial charge in [-0.15, -0.1) is 0 Å². The van der Waals surface area contributed by atoms with E-state index in [-0.39, 0.29) is 31.5 Å². The molecule has 1 aliphatic heterocycles. The van der Waals surface area contributed by atoms with E-state index in [1.807, 2.05) is 0 Å². The molecule has 1 fully saturated rings. The summed E-state index contributed by atoms with van der Waals surface area (Å²) in [6.45, 7) is 0.824. The van der Waals surface area contributed by atoms with Gasteiger partial charge in [0.15, 0.2) is 0 Å². The standard InChI is InChI=1S/C14H23NO8/c1-18-8-22-11-6-15(7-12(11)23-9-19-2)10(14(17)21-4)5-13(16)20-3/h5,11-12H,6-9H2,1-4H3/b10-5+/t11-,12-/m0/s1. The summed E-state index contributed by atoms with van der Waals surface area (Å²) in [5.41, 5.74) is 0.0777. The Kier molecular flexibility index (Phi) is 8.56. The van der Waals surface area contributed by atoms with Gasteiger partial charge >= 0.3 is 11.9 Å². The molecule has 1 saturated heterocycles. The summed E-state index contributed by atoms with van der Waals surface area (Å²) >= 11 is 0. The molecular weight excluding hydrogens is 310 g/mol. The van der Waals surface area contributed by atoms with Gasteiger partial charge in [0.05, 0.1) is 20.3 Å². The minimum Gasteiger partial charge on any atom is -0.466 e. The lowest BCUT2D eigenvalue weighted by molar-refractivity contribution is -0.140. The van der Waals surface area contributed by atoms with Gasteiger partial charge in [0, 0.05) is 27.3 Å². The average molecular weight is 333 g/mol. The zero-order valence-corrected chi connectivity index (χ0v) is 13.8. The molecule has 23 heavy (non-hydrogen) atoms. The third-order valence-corrected chi connectivity index (χ3v) is 3.21. The number of likely N-dealkylation sites (tertiary alicyclic amines) is 1. The number of carbonyl (C=O) groups is 2. The lowest BCUT2D eigenvalue weighted by atomic mass is 10.2. The first kappa shape index (κ1) is 19.4. The van der Waals surface area contributed by atoms with Crippen molar-refractivity contribution in [3.63, 3.8) is 0 Å². The molecule has 0 aliphatic carbocycles. The van der Waals surface area contributed by atoms with E-state index in [0.717, 1.165) is 6.08 Å². The summed E-state index contributed by atoms with van der Waals surface area (Å²) in [5.74, 6) is -1.30. The third kappa shape index (κ3) is 5.79. The first-order chi connectivity index (χ1) is 11.1. The van der Waals surface area contributed by atoms with Crippen LogP contribution in [0.2, 0.25) is 0 Å². The van der Waals surface area contributed by atoms with E-state index >= 15 is 0 Å². The molecule has 0 bridgehead atoms. The normalized spacial score (nSPS) is 21.4. The maximum atomic E-state index is 11.9. The Labute approximate surface area is 135 Å². The van der Waals surface area contributed by atoms with Crippen molar-refractivity contribution in [2.75, 3.05) is 55.1 Å². The van der Waals surface area contributed by atoms with E-state index in [1.165, 1.54) is 28.4 Å². The minimum atomic E-state index is -0.652. The first-order valence-corrected chi connectivity index (χ1v) is 6.91. The van der Waals surface area contributed by atoms with E-state index in [9.17, 15) is 9.59 Å². The van der Waals surface area contributed by atoms with Gasteiger partial charge in [-0.25, -0.2) is 9.59 Å². The van der Waals surface area contributed by atoms with Crippen molar-refractivity contribution in [3.05, 3.63) is 11.8 Å². The van der Waals surface area contributed by atoms with Crippen LogP contribution < -0.4 is 0 Å². The number of esters is 2. The van der Waals surface area contributed by atoms with E-state index < -0.39 is 11.9 Å². The maximum absolute atomic E-state index is 11.9. The van der Waals surface area contributed by atoms with Crippen molar-refractivity contribution in [1.82, 2.24) is 4.90 Å². The fraction of sp³-hybridized carbons (Fsp3) is 0.714. The molecular formula is C14H23NO8. The fourth-order valence-electron chi connectivity index (χ4n) is 2.13. The Balaban J connectivity index is 2.88. The molecule has 1 heterocycles. The molecule has 0 amide bonds. The van der Waals surface area contributed by atoms with E-state index in [0.29, 0.717) is 13.1 Å². The van der Waals surface area contributed by atoms with Crippen molar-refractivity contribution >= 4 is 11.9 Å². The van der Waals surface area contributed by atoms with Crippen LogP contribution in [0.3, 0.4) is 0 Å². The van der Waals surface area contributed by atoms with Crippen LogP contribution in [0.5, 0.6) is 0 Å². The smallest absolute Gasteiger partial charge is 0.354 e. The molecule has 0 radical (unpaired) electrons. The Morgan fingerprint density at radius 1 is 0.957 bits per heavy atom. The molecule has 9 heteroatoms. The van der Waals surface area contributed by atoms with Gasteiger partial charge in [-0.05, 0) is 0 Å². The van der Waals surface area contributed by atoms with Crippen LogP contribution in [-0.2, 0) is 38.0 Å². The van der Waals surface area contributed by atoms with E-state index in [2.05, 4.69) is 4.74 Å². The zero-order chi connectivity index (χ0) is 17.2. The molecule has 1 rings (SSSR count). The van der Waals surface area contributed by atoms with E-state index in [1.54, 1.807) is 4.90 Å². The highest BCUT2D eigenvalue weighted by molar-refractivity contribution is 5.95. The number of hydrogen-bond acceptors (Lipinski definition) is 9. The van der Waals surface area contributed by atoms with Crippen molar-refractivity contribution in [1.29, 1.82) is 0 Å². The van der Waals surface area contributed by atoms with Gasteiger partial charge in [0.2, 0.25) is 0 Å². The third-order valence-electron chi connectivity index (χ3n) is 3.21. The van der Waals surface area contributed by atoms with Crippen LogP contribution in [0.15, 0.2) is 11.8 Å². The van der Waals surface area contributed by atoms with Crippen LogP contribution in [0.25, 0.3) is 0 Å². The highest BCUT2D eigenvalue weighted by Crippen LogP contribution is 2.22. The number of nitrogens with zero attached hydrogens (tertiary/aromatic N) is 1. The summed E-state index contributed by atoms with van der Waals surface area (Å²) in [6, 6.07) is 0. The minimum absolute atomic E-state index is 0.0777. The van der Waals surface area contributed by atoms with Crippen LogP contribution in [-0.4, -0.2) is 84.2 Å². The summed E-state index contributed by atoms with van der Waals surface area (Å²) in [4.78, 5) is 25.0. The summed E-state index contributed by atoms with van der Waals surface area (Å²) < 4.78 is 30.2. The fourth-order valence-corrected chi connectivity index (χ4v) is 2.13. The van der Waals surface area contributed by atoms with Crippen molar-refractivity contribution in [2.45, 2.75) is 12.2 Å². The topological polar surface area (TPSA) is 92.8 Å². The van der Waals surface area contributed by atoms with Gasteiger partial charge in [-0.2, -0.15) is 0 Å². The molecule has 132 valence electrons. The van der Waals surface area contributed by atoms with Gasteiger partial charge in [0.1, 0.15) is 31.5 Å². The largest absolute Gasteiger partial charge is 0.466 e. The van der Waals surface area contributed by atoms with Gasteiger partial charge in [0.25, 0.3) is 0 Å². The lowest BCUT2D eigenvalue weighted by Crippen LogP contribution is -2.31. The van der Waals surface area contributed by atoms with Crippen LogP contribution in [0, 0.1) is 0 Å². The van der Waals surface area contributed by atoms with Gasteiger partial charge in [-0.1, -0.05) is 0 Å². The van der Waals surface area contributed by atoms with Crippen molar-refractivity contribution in [2.24, 2.45) is 0 Å². The zero-order valence-electron chi connectivity index (χ0n) is 13.8. The molecule has 0 aromatic carbocycles. The van der Waals surface area contributed by atoms with Crippen LogP contribution in [0.4, 0.5) is 0 Å².